The summed E-state index contributed by atoms with van der Waals surface area (Å²) >= 11 is 0. The topological polar surface area (TPSA) is 151 Å². The monoisotopic (exact) mass is 560 g/mol. The highest BCUT2D eigenvalue weighted by Gasteiger charge is 2.43. The zero-order valence-electron chi connectivity index (χ0n) is 24.3. The largest absolute Gasteiger partial charge is 0.467 e. The summed E-state index contributed by atoms with van der Waals surface area (Å²) in [6, 6.07) is 7.05. The predicted molar refractivity (Wildman–Crippen MR) is 157 cm³/mol. The second-order valence-electron chi connectivity index (χ2n) is 12.8. The van der Waals surface area contributed by atoms with Crippen LogP contribution in [-0.4, -0.2) is 68.9 Å². The van der Waals surface area contributed by atoms with Gasteiger partial charge in [0, 0.05) is 24.7 Å². The van der Waals surface area contributed by atoms with Gasteiger partial charge in [-0.05, 0) is 62.1 Å². The second kappa shape index (κ2) is 10.3. The number of nitrogens with one attached hydrogen (secondary N) is 1. The van der Waals surface area contributed by atoms with Gasteiger partial charge >= 0.3 is 0 Å². The van der Waals surface area contributed by atoms with Crippen LogP contribution in [0.25, 0.3) is 22.2 Å². The lowest BCUT2D eigenvalue weighted by Gasteiger charge is -2.45. The number of aryl methyl sites for hydroxylation is 1. The van der Waals surface area contributed by atoms with Crippen molar-refractivity contribution in [1.82, 2.24) is 34.4 Å². The van der Waals surface area contributed by atoms with Gasteiger partial charge in [-0.3, -0.25) is 4.57 Å². The molecule has 4 aromatic rings. The van der Waals surface area contributed by atoms with Crippen molar-refractivity contribution in [3.63, 3.8) is 0 Å². The van der Waals surface area contributed by atoms with Crippen LogP contribution in [0.15, 0.2) is 42.8 Å². The lowest BCUT2D eigenvalue weighted by Crippen LogP contribution is -2.45. The van der Waals surface area contributed by atoms with E-state index in [1.807, 2.05) is 6.20 Å². The lowest BCUT2D eigenvalue weighted by atomic mass is 9.76. The normalized spacial score (nSPS) is 25.8. The van der Waals surface area contributed by atoms with Crippen molar-refractivity contribution >= 4 is 28.0 Å². The van der Waals surface area contributed by atoms with Crippen LogP contribution in [0.2, 0.25) is 0 Å². The number of nitrogen functional groups attached to an aromatic ring is 1. The average molecular weight is 561 g/mol. The first-order valence-electron chi connectivity index (χ1n) is 14.4. The maximum atomic E-state index is 10.9. The van der Waals surface area contributed by atoms with E-state index in [-0.39, 0.29) is 17.3 Å². The fourth-order valence-corrected chi connectivity index (χ4v) is 5.98. The smallest absolute Gasteiger partial charge is 0.207 e. The first-order valence-corrected chi connectivity index (χ1v) is 14.4. The number of aromatic amines is 1. The third-order valence-corrected chi connectivity index (χ3v) is 8.52. The van der Waals surface area contributed by atoms with Crippen LogP contribution in [0.3, 0.4) is 0 Å². The Balaban J connectivity index is 1.09. The number of nitrogens with two attached hydrogens (primary N) is 1. The maximum Gasteiger partial charge on any atom is 0.207 e. The molecule has 0 amide bonds. The SMILES string of the molecule is CC(C)N(/C=C1/O[C@@H](n2cnc3c(N)ncnc32)[C@H](O)[C@@H]1O)C1CC(CCc2nc3ccc(C(C)(C)C)cc3[nH]2)C1. The Bertz CT molecular complexity index is 1580. The molecule has 1 aliphatic heterocycles. The van der Waals surface area contributed by atoms with E-state index in [2.05, 4.69) is 77.7 Å². The Morgan fingerprint density at radius 1 is 1.20 bits per heavy atom. The number of benzene rings is 1. The molecular formula is C30H40N8O3. The number of aliphatic hydroxyl groups is 2. The highest BCUT2D eigenvalue weighted by atomic mass is 16.5. The molecular weight excluding hydrogens is 520 g/mol. The number of fused-ring (bicyclic) bond motifs is 2. The number of anilines is 1. The molecule has 2 aliphatic rings. The highest BCUT2D eigenvalue weighted by molar-refractivity contribution is 5.81. The maximum absolute atomic E-state index is 10.9. The first kappa shape index (κ1) is 27.5. The standard InChI is InChI=1S/C30H40N8O3/c1-16(2)37(13-22-25(39)26(40)29(41-22)38-15-34-24-27(31)32-14-33-28(24)38)19-10-17(11-19)6-9-23-35-20-8-7-18(30(3,4)5)12-21(20)36-23/h7-8,12-17,19,25-26,29,39-40H,6,9-11H2,1-5H3,(H,35,36)(H2,31,32,33)/b22-13+/t17?,19?,25-,26-,29-/m1/s1. The van der Waals surface area contributed by atoms with Crippen molar-refractivity contribution in [3.05, 3.63) is 54.2 Å². The van der Waals surface area contributed by atoms with Gasteiger partial charge in [-0.15, -0.1) is 0 Å². The average Bonchev–Trinajstić information content (AvgIpc) is 3.58. The molecule has 1 aromatic carbocycles. The summed E-state index contributed by atoms with van der Waals surface area (Å²) < 4.78 is 7.68. The zero-order valence-corrected chi connectivity index (χ0v) is 24.3. The summed E-state index contributed by atoms with van der Waals surface area (Å²) in [5.41, 5.74) is 10.3. The fraction of sp³-hybridized carbons (Fsp3) is 0.533. The van der Waals surface area contributed by atoms with Crippen LogP contribution in [0.4, 0.5) is 5.82 Å². The number of nitrogens with zero attached hydrogens (tertiary/aromatic N) is 6. The van der Waals surface area contributed by atoms with E-state index >= 15 is 0 Å². The Morgan fingerprint density at radius 2 is 1.98 bits per heavy atom. The van der Waals surface area contributed by atoms with E-state index in [1.165, 1.54) is 18.2 Å². The van der Waals surface area contributed by atoms with Gasteiger partial charge < -0.3 is 30.6 Å². The second-order valence-corrected chi connectivity index (χ2v) is 12.8. The van der Waals surface area contributed by atoms with Gasteiger partial charge in [0.25, 0.3) is 0 Å². The minimum Gasteiger partial charge on any atom is -0.467 e. The molecule has 5 N–H and O–H groups in total. The molecule has 3 aromatic heterocycles. The zero-order chi connectivity index (χ0) is 29.1. The molecule has 0 bridgehead atoms. The molecule has 0 radical (unpaired) electrons. The third kappa shape index (κ3) is 5.12. The van der Waals surface area contributed by atoms with Crippen LogP contribution in [0, 0.1) is 5.92 Å². The number of H-pyrrole nitrogens is 1. The van der Waals surface area contributed by atoms with E-state index in [0.29, 0.717) is 28.9 Å². The van der Waals surface area contributed by atoms with Gasteiger partial charge in [0.05, 0.1) is 11.0 Å². The molecule has 0 unspecified atom stereocenters. The summed E-state index contributed by atoms with van der Waals surface area (Å²) in [5.74, 6) is 2.23. The summed E-state index contributed by atoms with van der Waals surface area (Å²) in [6.07, 6.45) is 5.60. The molecule has 1 saturated carbocycles. The Hall–Kier alpha value is -3.70. The molecule has 41 heavy (non-hydrogen) atoms. The summed E-state index contributed by atoms with van der Waals surface area (Å²) in [4.78, 5) is 23.1. The molecule has 11 heteroatoms. The summed E-state index contributed by atoms with van der Waals surface area (Å²) in [7, 11) is 0. The Labute approximate surface area is 239 Å². The van der Waals surface area contributed by atoms with Gasteiger partial charge in [-0.25, -0.2) is 19.9 Å². The summed E-state index contributed by atoms with van der Waals surface area (Å²) in [5, 5.41) is 21.7. The first-order chi connectivity index (χ1) is 19.5. The van der Waals surface area contributed by atoms with Crippen LogP contribution in [-0.2, 0) is 16.6 Å². The van der Waals surface area contributed by atoms with Crippen molar-refractivity contribution < 1.29 is 14.9 Å². The Morgan fingerprint density at radius 3 is 2.71 bits per heavy atom. The minimum atomic E-state index is -1.18. The summed E-state index contributed by atoms with van der Waals surface area (Å²) in [6.45, 7) is 10.9. The van der Waals surface area contributed by atoms with Gasteiger partial charge in [-0.1, -0.05) is 26.8 Å². The van der Waals surface area contributed by atoms with Crippen molar-refractivity contribution in [2.24, 2.45) is 5.92 Å². The van der Waals surface area contributed by atoms with Crippen LogP contribution in [0.5, 0.6) is 0 Å². The van der Waals surface area contributed by atoms with Gasteiger partial charge in [0.15, 0.2) is 11.5 Å². The molecule has 2 fully saturated rings. The van der Waals surface area contributed by atoms with Gasteiger partial charge in [-0.2, -0.15) is 0 Å². The van der Waals surface area contributed by atoms with Gasteiger partial charge in [0.2, 0.25) is 6.23 Å². The fourth-order valence-electron chi connectivity index (χ4n) is 5.98. The highest BCUT2D eigenvalue weighted by Crippen LogP contribution is 2.39. The lowest BCUT2D eigenvalue weighted by molar-refractivity contribution is -0.0122. The van der Waals surface area contributed by atoms with Crippen molar-refractivity contribution in [2.45, 2.75) is 96.2 Å². The van der Waals surface area contributed by atoms with E-state index in [9.17, 15) is 10.2 Å². The number of ether oxygens (including phenoxy) is 1. The number of aromatic nitrogens is 6. The van der Waals surface area contributed by atoms with Crippen molar-refractivity contribution in [1.29, 1.82) is 0 Å². The van der Waals surface area contributed by atoms with Crippen LogP contribution < -0.4 is 5.73 Å². The molecule has 6 rings (SSSR count). The number of rotatable bonds is 7. The van der Waals surface area contributed by atoms with E-state index in [0.717, 1.165) is 42.5 Å². The number of hydrogen-bond donors (Lipinski definition) is 4. The number of hydrogen-bond acceptors (Lipinski definition) is 9. The molecule has 1 aliphatic carbocycles. The quantitative estimate of drug-likeness (QED) is 0.265. The van der Waals surface area contributed by atoms with Gasteiger partial charge in [0.1, 0.15) is 42.0 Å². The predicted octanol–water partition coefficient (Wildman–Crippen LogP) is 3.80. The van der Waals surface area contributed by atoms with E-state index < -0.39 is 18.4 Å². The van der Waals surface area contributed by atoms with Crippen LogP contribution >= 0.6 is 0 Å². The molecule has 1 saturated heterocycles. The van der Waals surface area contributed by atoms with E-state index in [1.54, 1.807) is 4.57 Å². The molecule has 218 valence electrons. The van der Waals surface area contributed by atoms with Crippen molar-refractivity contribution in [3.8, 4) is 0 Å². The Kier molecular flexibility index (Phi) is 6.89. The minimum absolute atomic E-state index is 0.105. The van der Waals surface area contributed by atoms with Crippen LogP contribution in [0.1, 0.15) is 71.5 Å². The van der Waals surface area contributed by atoms with Crippen molar-refractivity contribution in [2.75, 3.05) is 5.73 Å². The molecule has 3 atom stereocenters. The molecule has 4 heterocycles. The number of aliphatic hydroxyl groups excluding tert-OH is 2. The number of imidazole rings is 2. The molecule has 11 nitrogen and oxygen atoms in total. The molecule has 0 spiro atoms. The third-order valence-electron chi connectivity index (χ3n) is 8.52. The van der Waals surface area contributed by atoms with E-state index in [4.69, 9.17) is 15.5 Å².